The molecule has 3 rings (SSSR count). The predicted molar refractivity (Wildman–Crippen MR) is 128 cm³/mol. The Balaban J connectivity index is 1.57. The lowest BCUT2D eigenvalue weighted by atomic mass is 10.2. The number of sulfonamides is 1. The fourth-order valence-corrected chi connectivity index (χ4v) is 5.59. The molecule has 2 amide bonds. The number of aryl methyl sites for hydroxylation is 1. The molecule has 0 radical (unpaired) electrons. The Labute approximate surface area is 202 Å². The maximum atomic E-state index is 13.1. The van der Waals surface area contributed by atoms with E-state index in [4.69, 9.17) is 9.47 Å². The van der Waals surface area contributed by atoms with E-state index in [1.54, 1.807) is 24.0 Å². The molecule has 2 saturated heterocycles. The van der Waals surface area contributed by atoms with Crippen molar-refractivity contribution in [2.24, 2.45) is 5.92 Å². The topological polar surface area (TPSA) is 108 Å². The van der Waals surface area contributed by atoms with E-state index in [-0.39, 0.29) is 29.4 Å². The first-order chi connectivity index (χ1) is 16.2. The van der Waals surface area contributed by atoms with Crippen LogP contribution >= 0.6 is 0 Å². The van der Waals surface area contributed by atoms with Crippen molar-refractivity contribution in [3.8, 4) is 0 Å². The second-order valence-electron chi connectivity index (χ2n) is 9.13. The third-order valence-electron chi connectivity index (χ3n) is 5.81. The minimum atomic E-state index is -3.67. The lowest BCUT2D eigenvalue weighted by Crippen LogP contribution is -2.40. The van der Waals surface area contributed by atoms with E-state index in [1.165, 1.54) is 10.4 Å². The maximum absolute atomic E-state index is 13.1. The summed E-state index contributed by atoms with van der Waals surface area (Å²) in [5, 5.41) is 2.83. The van der Waals surface area contributed by atoms with Crippen LogP contribution in [0.25, 0.3) is 0 Å². The molecular weight excluding hydrogens is 460 g/mol. The SMILES string of the molecule is Cc1ccc(NC(=O)CN2CCCN(C(=O)OCC(C)C)CC2)cc1S(=O)(=O)N1CCOCC1. The maximum Gasteiger partial charge on any atom is 0.409 e. The van der Waals surface area contributed by atoms with Gasteiger partial charge in [-0.1, -0.05) is 19.9 Å². The Morgan fingerprint density at radius 3 is 2.53 bits per heavy atom. The van der Waals surface area contributed by atoms with Crippen molar-refractivity contribution in [1.29, 1.82) is 0 Å². The minimum absolute atomic E-state index is 0.161. The molecule has 1 N–H and O–H groups in total. The molecule has 190 valence electrons. The third kappa shape index (κ3) is 7.14. The monoisotopic (exact) mass is 496 g/mol. The number of ether oxygens (including phenoxy) is 2. The fraction of sp³-hybridized carbons (Fsp3) is 0.652. The van der Waals surface area contributed by atoms with Crippen LogP contribution in [-0.4, -0.2) is 100 Å². The number of benzene rings is 1. The molecule has 0 spiro atoms. The molecule has 10 nitrogen and oxygen atoms in total. The molecule has 11 heteroatoms. The number of morpholine rings is 1. The van der Waals surface area contributed by atoms with Crippen molar-refractivity contribution in [3.05, 3.63) is 23.8 Å². The highest BCUT2D eigenvalue weighted by molar-refractivity contribution is 7.89. The first-order valence-corrected chi connectivity index (χ1v) is 13.2. The van der Waals surface area contributed by atoms with Crippen LogP contribution in [0, 0.1) is 12.8 Å². The molecule has 0 aromatic heterocycles. The molecule has 2 aliphatic heterocycles. The Hall–Kier alpha value is -2.21. The van der Waals surface area contributed by atoms with Crippen molar-refractivity contribution in [2.45, 2.75) is 32.1 Å². The van der Waals surface area contributed by atoms with Gasteiger partial charge in [0.15, 0.2) is 0 Å². The summed E-state index contributed by atoms with van der Waals surface area (Å²) in [7, 11) is -3.67. The zero-order valence-corrected chi connectivity index (χ0v) is 21.1. The van der Waals surface area contributed by atoms with Gasteiger partial charge in [0, 0.05) is 45.0 Å². The van der Waals surface area contributed by atoms with E-state index in [0.29, 0.717) is 70.3 Å². The number of hydrogen-bond acceptors (Lipinski definition) is 7. The van der Waals surface area contributed by atoms with Crippen LogP contribution in [0.5, 0.6) is 0 Å². The van der Waals surface area contributed by atoms with Gasteiger partial charge in [0.05, 0.1) is 31.3 Å². The summed E-state index contributed by atoms with van der Waals surface area (Å²) < 4.78 is 38.2. The molecule has 34 heavy (non-hydrogen) atoms. The summed E-state index contributed by atoms with van der Waals surface area (Å²) in [5.41, 5.74) is 1.07. The second kappa shape index (κ2) is 12.0. The number of carbonyl (C=O) groups is 2. The smallest absolute Gasteiger partial charge is 0.409 e. The first kappa shape index (κ1) is 26.4. The average Bonchev–Trinajstić information content (AvgIpc) is 3.04. The predicted octanol–water partition coefficient (Wildman–Crippen LogP) is 1.75. The molecule has 0 bridgehead atoms. The van der Waals surface area contributed by atoms with Gasteiger partial charge >= 0.3 is 6.09 Å². The molecule has 0 aliphatic carbocycles. The van der Waals surface area contributed by atoms with Crippen LogP contribution in [-0.2, 0) is 24.3 Å². The van der Waals surface area contributed by atoms with Crippen LogP contribution in [0.1, 0.15) is 25.8 Å². The Morgan fingerprint density at radius 2 is 1.82 bits per heavy atom. The van der Waals surface area contributed by atoms with E-state index in [1.807, 2.05) is 18.7 Å². The van der Waals surface area contributed by atoms with Crippen LogP contribution in [0.4, 0.5) is 10.5 Å². The van der Waals surface area contributed by atoms with Crippen molar-refractivity contribution in [2.75, 3.05) is 71.0 Å². The van der Waals surface area contributed by atoms with Gasteiger partial charge in [0.25, 0.3) is 0 Å². The lowest BCUT2D eigenvalue weighted by molar-refractivity contribution is -0.117. The minimum Gasteiger partial charge on any atom is -0.449 e. The van der Waals surface area contributed by atoms with Gasteiger partial charge in [-0.25, -0.2) is 13.2 Å². The molecule has 2 aliphatic rings. The highest BCUT2D eigenvalue weighted by Gasteiger charge is 2.28. The van der Waals surface area contributed by atoms with Gasteiger partial charge in [-0.15, -0.1) is 0 Å². The number of amides is 2. The fourth-order valence-electron chi connectivity index (χ4n) is 3.93. The van der Waals surface area contributed by atoms with E-state index < -0.39 is 10.0 Å². The summed E-state index contributed by atoms with van der Waals surface area (Å²) >= 11 is 0. The van der Waals surface area contributed by atoms with Gasteiger partial charge in [0.1, 0.15) is 0 Å². The Morgan fingerprint density at radius 1 is 1.09 bits per heavy atom. The molecular formula is C23H36N4O6S. The second-order valence-corrected chi connectivity index (χ2v) is 11.0. The van der Waals surface area contributed by atoms with E-state index >= 15 is 0 Å². The quantitative estimate of drug-likeness (QED) is 0.613. The van der Waals surface area contributed by atoms with E-state index in [2.05, 4.69) is 5.32 Å². The van der Waals surface area contributed by atoms with Gasteiger partial charge in [-0.05, 0) is 37.0 Å². The highest BCUT2D eigenvalue weighted by Crippen LogP contribution is 2.24. The number of nitrogens with zero attached hydrogens (tertiary/aromatic N) is 3. The molecule has 1 aromatic carbocycles. The van der Waals surface area contributed by atoms with Crippen LogP contribution in [0.3, 0.4) is 0 Å². The number of carbonyl (C=O) groups excluding carboxylic acids is 2. The van der Waals surface area contributed by atoms with Crippen molar-refractivity contribution < 1.29 is 27.5 Å². The van der Waals surface area contributed by atoms with Crippen molar-refractivity contribution in [1.82, 2.24) is 14.1 Å². The van der Waals surface area contributed by atoms with Gasteiger partial charge in [0.2, 0.25) is 15.9 Å². The van der Waals surface area contributed by atoms with Gasteiger partial charge < -0.3 is 19.7 Å². The van der Waals surface area contributed by atoms with E-state index in [0.717, 1.165) is 6.42 Å². The highest BCUT2D eigenvalue weighted by atomic mass is 32.2. The van der Waals surface area contributed by atoms with E-state index in [9.17, 15) is 18.0 Å². The first-order valence-electron chi connectivity index (χ1n) is 11.8. The summed E-state index contributed by atoms with van der Waals surface area (Å²) in [4.78, 5) is 28.8. The lowest BCUT2D eigenvalue weighted by Gasteiger charge is -2.27. The van der Waals surface area contributed by atoms with Crippen molar-refractivity contribution in [3.63, 3.8) is 0 Å². The number of anilines is 1. The zero-order valence-electron chi connectivity index (χ0n) is 20.3. The van der Waals surface area contributed by atoms with Gasteiger partial charge in [-0.3, -0.25) is 9.69 Å². The Bertz CT molecular complexity index is 962. The molecule has 0 unspecified atom stereocenters. The molecule has 0 saturated carbocycles. The normalized spacial score (nSPS) is 18.5. The molecule has 2 fully saturated rings. The summed E-state index contributed by atoms with van der Waals surface area (Å²) in [6, 6.07) is 4.93. The van der Waals surface area contributed by atoms with Crippen LogP contribution < -0.4 is 5.32 Å². The molecule has 0 atom stereocenters. The number of nitrogens with one attached hydrogen (secondary N) is 1. The Kier molecular flexibility index (Phi) is 9.29. The van der Waals surface area contributed by atoms with Crippen molar-refractivity contribution >= 4 is 27.7 Å². The third-order valence-corrected chi connectivity index (χ3v) is 7.85. The summed E-state index contributed by atoms with van der Waals surface area (Å²) in [5.74, 6) is 0.0525. The summed E-state index contributed by atoms with van der Waals surface area (Å²) in [6.07, 6.45) is 0.435. The molecule has 1 aromatic rings. The average molecular weight is 497 g/mol. The number of rotatable bonds is 7. The number of hydrogen-bond donors (Lipinski definition) is 1. The van der Waals surface area contributed by atoms with Gasteiger partial charge in [-0.2, -0.15) is 4.31 Å². The largest absolute Gasteiger partial charge is 0.449 e. The van der Waals surface area contributed by atoms with Crippen LogP contribution in [0.15, 0.2) is 23.1 Å². The standard InChI is InChI=1S/C23H36N4O6S/c1-18(2)17-33-23(29)26-8-4-7-25(9-10-26)16-22(28)24-20-6-5-19(3)21(15-20)34(30,31)27-11-13-32-14-12-27/h5-6,15,18H,4,7-14,16-17H2,1-3H3,(H,24,28). The zero-order chi connectivity index (χ0) is 24.7. The van der Waals surface area contributed by atoms with Crippen LogP contribution in [0.2, 0.25) is 0 Å². The molecule has 2 heterocycles. The summed E-state index contributed by atoms with van der Waals surface area (Å²) in [6.45, 7) is 9.99.